The molecule has 0 spiro atoms. The average Bonchev–Trinajstić information content (AvgIpc) is 3.04. The summed E-state index contributed by atoms with van der Waals surface area (Å²) >= 11 is 3.56. The lowest BCUT2D eigenvalue weighted by molar-refractivity contribution is 0.145. The predicted octanol–water partition coefficient (Wildman–Crippen LogP) is 3.06. The van der Waals surface area contributed by atoms with Gasteiger partial charge in [0.2, 0.25) is 0 Å². The van der Waals surface area contributed by atoms with Gasteiger partial charge in [0.1, 0.15) is 0 Å². The molecule has 1 saturated carbocycles. The summed E-state index contributed by atoms with van der Waals surface area (Å²) in [7, 11) is 3.23. The maximum Gasteiger partial charge on any atom is 0.167 e. The molecule has 0 aromatic heterocycles. The zero-order valence-corrected chi connectivity index (χ0v) is 12.1. The number of benzene rings is 1. The van der Waals surface area contributed by atoms with E-state index < -0.39 is 5.60 Å². The minimum absolute atomic E-state index is 0.658. The summed E-state index contributed by atoms with van der Waals surface area (Å²) in [5.74, 6) is 1.35. The molecule has 17 heavy (non-hydrogen) atoms. The molecule has 0 heterocycles. The van der Waals surface area contributed by atoms with E-state index >= 15 is 0 Å². The molecule has 0 radical (unpaired) electrons. The Hall–Kier alpha value is -0.740. The predicted molar refractivity (Wildman–Crippen MR) is 69.9 cm³/mol. The van der Waals surface area contributed by atoms with Crippen LogP contribution in [0, 0.1) is 13.8 Å². The van der Waals surface area contributed by atoms with E-state index in [2.05, 4.69) is 15.9 Å². The molecule has 94 valence electrons. The van der Waals surface area contributed by atoms with Crippen LogP contribution < -0.4 is 9.47 Å². The van der Waals surface area contributed by atoms with Crippen molar-refractivity contribution in [3.63, 3.8) is 0 Å². The van der Waals surface area contributed by atoms with Gasteiger partial charge in [-0.2, -0.15) is 0 Å². The molecule has 1 aliphatic rings. The first-order chi connectivity index (χ1) is 7.96. The number of aliphatic hydroxyl groups is 1. The Labute approximate surface area is 110 Å². The normalized spacial score (nSPS) is 16.8. The van der Waals surface area contributed by atoms with Gasteiger partial charge in [-0.15, -0.1) is 0 Å². The van der Waals surface area contributed by atoms with Gasteiger partial charge in [-0.3, -0.25) is 0 Å². The van der Waals surface area contributed by atoms with Crippen LogP contribution in [0.1, 0.15) is 29.5 Å². The standard InChI is InChI=1S/C13H17BrO3/c1-7-9(13(15)5-6-13)12(17-4)11(16-3)8(2)10(7)14/h15H,5-6H2,1-4H3. The van der Waals surface area contributed by atoms with E-state index in [1.165, 1.54) is 0 Å². The van der Waals surface area contributed by atoms with Crippen LogP contribution in [-0.4, -0.2) is 19.3 Å². The summed E-state index contributed by atoms with van der Waals surface area (Å²) in [6.07, 6.45) is 1.56. The third-order valence-corrected chi connectivity index (χ3v) is 4.59. The Balaban J connectivity index is 2.76. The van der Waals surface area contributed by atoms with Crippen molar-refractivity contribution in [2.75, 3.05) is 14.2 Å². The summed E-state index contributed by atoms with van der Waals surface area (Å²) in [6.45, 7) is 3.96. The van der Waals surface area contributed by atoms with Crippen LogP contribution in [0.4, 0.5) is 0 Å². The van der Waals surface area contributed by atoms with Crippen molar-refractivity contribution in [2.45, 2.75) is 32.3 Å². The zero-order valence-electron chi connectivity index (χ0n) is 10.6. The maximum absolute atomic E-state index is 10.4. The monoisotopic (exact) mass is 300 g/mol. The molecule has 0 unspecified atom stereocenters. The topological polar surface area (TPSA) is 38.7 Å². The molecule has 1 aromatic carbocycles. The van der Waals surface area contributed by atoms with E-state index in [4.69, 9.17) is 9.47 Å². The van der Waals surface area contributed by atoms with Crippen LogP contribution in [0.15, 0.2) is 4.47 Å². The van der Waals surface area contributed by atoms with E-state index in [0.29, 0.717) is 11.5 Å². The summed E-state index contributed by atoms with van der Waals surface area (Å²) in [6, 6.07) is 0. The summed E-state index contributed by atoms with van der Waals surface area (Å²) in [4.78, 5) is 0. The number of hydrogen-bond acceptors (Lipinski definition) is 3. The fraction of sp³-hybridized carbons (Fsp3) is 0.538. The fourth-order valence-electron chi connectivity index (χ4n) is 2.31. The van der Waals surface area contributed by atoms with Gasteiger partial charge in [0.15, 0.2) is 11.5 Å². The lowest BCUT2D eigenvalue weighted by Crippen LogP contribution is -2.12. The van der Waals surface area contributed by atoms with Crippen LogP contribution in [-0.2, 0) is 5.60 Å². The van der Waals surface area contributed by atoms with Gasteiger partial charge in [-0.1, -0.05) is 15.9 Å². The summed E-state index contributed by atoms with van der Waals surface area (Å²) < 4.78 is 11.8. The molecule has 2 rings (SSSR count). The molecule has 1 fully saturated rings. The molecule has 1 N–H and O–H groups in total. The van der Waals surface area contributed by atoms with Gasteiger partial charge >= 0.3 is 0 Å². The highest BCUT2D eigenvalue weighted by atomic mass is 79.9. The molecule has 3 nitrogen and oxygen atoms in total. The van der Waals surface area contributed by atoms with Crippen molar-refractivity contribution in [3.8, 4) is 11.5 Å². The second-order valence-corrected chi connectivity index (χ2v) is 5.33. The molecule has 0 atom stereocenters. The number of halogens is 1. The number of ether oxygens (including phenoxy) is 2. The Morgan fingerprint density at radius 3 is 2.00 bits per heavy atom. The van der Waals surface area contributed by atoms with Gasteiger partial charge in [0.25, 0.3) is 0 Å². The minimum Gasteiger partial charge on any atom is -0.493 e. The second kappa shape index (κ2) is 4.18. The van der Waals surface area contributed by atoms with Crippen LogP contribution in [0.25, 0.3) is 0 Å². The highest BCUT2D eigenvalue weighted by molar-refractivity contribution is 9.10. The molecular formula is C13H17BrO3. The van der Waals surface area contributed by atoms with Crippen LogP contribution in [0.2, 0.25) is 0 Å². The van der Waals surface area contributed by atoms with Crippen LogP contribution >= 0.6 is 15.9 Å². The van der Waals surface area contributed by atoms with Crippen molar-refractivity contribution in [3.05, 3.63) is 21.2 Å². The molecular weight excluding hydrogens is 284 g/mol. The first-order valence-corrected chi connectivity index (χ1v) is 6.39. The van der Waals surface area contributed by atoms with Gasteiger partial charge < -0.3 is 14.6 Å². The van der Waals surface area contributed by atoms with Gasteiger partial charge in [0.05, 0.1) is 19.8 Å². The minimum atomic E-state index is -0.737. The van der Waals surface area contributed by atoms with E-state index in [1.54, 1.807) is 14.2 Å². The molecule has 1 aliphatic carbocycles. The van der Waals surface area contributed by atoms with Gasteiger partial charge in [-0.25, -0.2) is 0 Å². The van der Waals surface area contributed by atoms with E-state index in [-0.39, 0.29) is 0 Å². The van der Waals surface area contributed by atoms with E-state index in [0.717, 1.165) is 34.0 Å². The quantitative estimate of drug-likeness (QED) is 0.932. The van der Waals surface area contributed by atoms with Crippen LogP contribution in [0.5, 0.6) is 11.5 Å². The largest absolute Gasteiger partial charge is 0.493 e. The number of methoxy groups -OCH3 is 2. The fourth-order valence-corrected chi connectivity index (χ4v) is 2.69. The third-order valence-electron chi connectivity index (χ3n) is 3.40. The lowest BCUT2D eigenvalue weighted by Gasteiger charge is -2.22. The van der Waals surface area contributed by atoms with Crippen molar-refractivity contribution < 1.29 is 14.6 Å². The molecule has 1 aromatic rings. The van der Waals surface area contributed by atoms with Crippen molar-refractivity contribution in [2.24, 2.45) is 0 Å². The highest BCUT2D eigenvalue weighted by Crippen LogP contribution is 2.54. The maximum atomic E-state index is 10.4. The Bertz CT molecular complexity index is 464. The Morgan fingerprint density at radius 1 is 1.06 bits per heavy atom. The molecule has 0 amide bonds. The average molecular weight is 301 g/mol. The SMILES string of the molecule is COc1c(C)c(Br)c(C)c(C2(O)CC2)c1OC. The Kier molecular flexibility index (Phi) is 3.12. The molecule has 0 bridgehead atoms. The van der Waals surface area contributed by atoms with Gasteiger partial charge in [-0.05, 0) is 32.3 Å². The van der Waals surface area contributed by atoms with Gasteiger partial charge in [0, 0.05) is 15.6 Å². The van der Waals surface area contributed by atoms with E-state index in [1.807, 2.05) is 13.8 Å². The molecule has 4 heteroatoms. The zero-order chi connectivity index (χ0) is 12.8. The third kappa shape index (κ3) is 1.83. The summed E-state index contributed by atoms with van der Waals surface area (Å²) in [5.41, 5.74) is 2.14. The highest BCUT2D eigenvalue weighted by Gasteiger charge is 2.46. The molecule has 0 aliphatic heterocycles. The van der Waals surface area contributed by atoms with Crippen molar-refractivity contribution in [1.29, 1.82) is 0 Å². The summed E-state index contributed by atoms with van der Waals surface area (Å²) in [5, 5.41) is 10.4. The number of rotatable bonds is 3. The smallest absolute Gasteiger partial charge is 0.167 e. The van der Waals surface area contributed by atoms with Crippen molar-refractivity contribution >= 4 is 15.9 Å². The molecule has 0 saturated heterocycles. The van der Waals surface area contributed by atoms with E-state index in [9.17, 15) is 5.11 Å². The van der Waals surface area contributed by atoms with Crippen LogP contribution in [0.3, 0.4) is 0 Å². The first-order valence-electron chi connectivity index (χ1n) is 5.59. The first kappa shape index (κ1) is 12.7. The van der Waals surface area contributed by atoms with Crippen molar-refractivity contribution in [1.82, 2.24) is 0 Å². The lowest BCUT2D eigenvalue weighted by atomic mass is 9.97. The Morgan fingerprint density at radius 2 is 1.59 bits per heavy atom. The number of hydrogen-bond donors (Lipinski definition) is 1. The second-order valence-electron chi connectivity index (χ2n) is 4.54.